The second kappa shape index (κ2) is 8.10. The van der Waals surface area contributed by atoms with Crippen LogP contribution in [0, 0.1) is 0 Å². The van der Waals surface area contributed by atoms with Crippen molar-refractivity contribution in [2.45, 2.75) is 0 Å². The molecular weight excluding hydrogens is 405 g/mol. The monoisotopic (exact) mass is 413 g/mol. The van der Waals surface area contributed by atoms with E-state index in [1.165, 1.54) is 24.4 Å². The first-order valence-electron chi connectivity index (χ1n) is 6.30. The highest BCUT2D eigenvalue weighted by Gasteiger charge is 2.13. The molecule has 118 valence electrons. The van der Waals surface area contributed by atoms with Gasteiger partial charge in [0.25, 0.3) is 0 Å². The van der Waals surface area contributed by atoms with E-state index in [0.717, 1.165) is 10.0 Å². The number of nitrogens with one attached hydrogen (secondary N) is 2. The van der Waals surface area contributed by atoms with Gasteiger partial charge in [-0.2, -0.15) is 5.10 Å². The third kappa shape index (κ3) is 5.67. The smallest absolute Gasteiger partial charge is 0.318 e. The summed E-state index contributed by atoms with van der Waals surface area (Å²) < 4.78 is 0.878. The van der Waals surface area contributed by atoms with E-state index < -0.39 is 11.8 Å². The maximum atomic E-state index is 11.7. The summed E-state index contributed by atoms with van der Waals surface area (Å²) in [6.07, 6.45) is 1.42. The molecule has 2 rings (SSSR count). The summed E-state index contributed by atoms with van der Waals surface area (Å²) in [6.45, 7) is 0. The lowest BCUT2D eigenvalue weighted by molar-refractivity contribution is -0.136. The Morgan fingerprint density at radius 3 is 2.39 bits per heavy atom. The molecule has 0 aliphatic carbocycles. The fourth-order valence-electron chi connectivity index (χ4n) is 1.62. The Balaban J connectivity index is 1.93. The number of anilines is 1. The fraction of sp³-hybridized carbons (Fsp3) is 0. The van der Waals surface area contributed by atoms with Crippen LogP contribution in [0.25, 0.3) is 0 Å². The highest BCUT2D eigenvalue weighted by molar-refractivity contribution is 9.10. The number of halogens is 3. The SMILES string of the molecule is O=C(N/N=C\c1cccc(Br)c1)C(=O)Nc1cc(Cl)cc(Cl)c1. The van der Waals surface area contributed by atoms with Gasteiger partial charge < -0.3 is 5.32 Å². The molecule has 0 fully saturated rings. The van der Waals surface area contributed by atoms with Gasteiger partial charge in [0.05, 0.1) is 6.21 Å². The van der Waals surface area contributed by atoms with Gasteiger partial charge in [0.15, 0.2) is 0 Å². The number of carbonyl (C=O) groups excluding carboxylic acids is 2. The highest BCUT2D eigenvalue weighted by atomic mass is 79.9. The number of amides is 2. The number of nitrogens with zero attached hydrogens (tertiary/aromatic N) is 1. The molecule has 0 saturated carbocycles. The summed E-state index contributed by atoms with van der Waals surface area (Å²) in [5.41, 5.74) is 3.22. The Hall–Kier alpha value is -1.89. The maximum absolute atomic E-state index is 11.7. The Labute approximate surface area is 150 Å². The predicted molar refractivity (Wildman–Crippen MR) is 95.0 cm³/mol. The molecule has 23 heavy (non-hydrogen) atoms. The van der Waals surface area contributed by atoms with E-state index in [-0.39, 0.29) is 0 Å². The van der Waals surface area contributed by atoms with Crippen molar-refractivity contribution in [2.75, 3.05) is 5.32 Å². The topological polar surface area (TPSA) is 70.6 Å². The van der Waals surface area contributed by atoms with Crippen molar-refractivity contribution in [3.8, 4) is 0 Å². The van der Waals surface area contributed by atoms with Crippen molar-refractivity contribution in [2.24, 2.45) is 5.10 Å². The van der Waals surface area contributed by atoms with Crippen molar-refractivity contribution in [1.29, 1.82) is 0 Å². The number of hydrazone groups is 1. The van der Waals surface area contributed by atoms with Gasteiger partial charge in [-0.05, 0) is 35.9 Å². The summed E-state index contributed by atoms with van der Waals surface area (Å²) in [7, 11) is 0. The summed E-state index contributed by atoms with van der Waals surface area (Å²) in [6, 6.07) is 11.8. The molecule has 0 heterocycles. The van der Waals surface area contributed by atoms with Gasteiger partial charge in [0.2, 0.25) is 0 Å². The Morgan fingerprint density at radius 1 is 1.04 bits per heavy atom. The second-order valence-corrected chi connectivity index (χ2v) is 6.15. The average Bonchev–Trinajstić information content (AvgIpc) is 2.46. The van der Waals surface area contributed by atoms with Gasteiger partial charge in [-0.1, -0.05) is 51.3 Å². The van der Waals surface area contributed by atoms with Gasteiger partial charge in [0, 0.05) is 20.2 Å². The van der Waals surface area contributed by atoms with Gasteiger partial charge in [-0.15, -0.1) is 0 Å². The fourth-order valence-corrected chi connectivity index (χ4v) is 2.56. The van der Waals surface area contributed by atoms with Crippen LogP contribution < -0.4 is 10.7 Å². The minimum absolute atomic E-state index is 0.318. The molecule has 2 aromatic rings. The molecule has 0 atom stereocenters. The van der Waals surface area contributed by atoms with E-state index in [0.29, 0.717) is 15.7 Å². The van der Waals surface area contributed by atoms with Crippen LogP contribution in [0.5, 0.6) is 0 Å². The molecule has 2 aromatic carbocycles. The zero-order valence-electron chi connectivity index (χ0n) is 11.5. The summed E-state index contributed by atoms with van der Waals surface area (Å²) in [4.78, 5) is 23.4. The van der Waals surface area contributed by atoms with Crippen molar-refractivity contribution < 1.29 is 9.59 Å². The van der Waals surface area contributed by atoms with Gasteiger partial charge in [-0.25, -0.2) is 5.43 Å². The molecule has 0 aromatic heterocycles. The molecule has 0 unspecified atom stereocenters. The first-order valence-corrected chi connectivity index (χ1v) is 7.85. The Bertz CT molecular complexity index is 761. The molecule has 0 bridgehead atoms. The molecule has 0 aliphatic rings. The summed E-state index contributed by atoms with van der Waals surface area (Å²) in [5, 5.41) is 6.80. The van der Waals surface area contributed by atoms with E-state index >= 15 is 0 Å². The number of hydrogen-bond donors (Lipinski definition) is 2. The minimum Gasteiger partial charge on any atom is -0.318 e. The third-order valence-electron chi connectivity index (χ3n) is 2.56. The van der Waals surface area contributed by atoms with E-state index in [9.17, 15) is 9.59 Å². The average molecular weight is 415 g/mol. The van der Waals surface area contributed by atoms with Gasteiger partial charge in [0.1, 0.15) is 0 Å². The van der Waals surface area contributed by atoms with E-state index in [4.69, 9.17) is 23.2 Å². The molecule has 0 aliphatic heterocycles. The van der Waals surface area contributed by atoms with Crippen LogP contribution in [0.15, 0.2) is 52.0 Å². The van der Waals surface area contributed by atoms with Crippen LogP contribution in [0.2, 0.25) is 10.0 Å². The van der Waals surface area contributed by atoms with E-state index in [1.54, 1.807) is 6.07 Å². The Morgan fingerprint density at radius 2 is 1.74 bits per heavy atom. The highest BCUT2D eigenvalue weighted by Crippen LogP contribution is 2.22. The minimum atomic E-state index is -0.910. The van der Waals surface area contributed by atoms with Crippen molar-refractivity contribution >= 4 is 62.8 Å². The quantitative estimate of drug-likeness (QED) is 0.455. The molecule has 8 heteroatoms. The van der Waals surface area contributed by atoms with Crippen LogP contribution in [-0.2, 0) is 9.59 Å². The molecule has 2 N–H and O–H groups in total. The number of rotatable bonds is 3. The van der Waals surface area contributed by atoms with E-state index in [1.807, 2.05) is 18.2 Å². The molecule has 0 saturated heterocycles. The van der Waals surface area contributed by atoms with Gasteiger partial charge in [-0.3, -0.25) is 9.59 Å². The number of benzene rings is 2. The second-order valence-electron chi connectivity index (χ2n) is 4.37. The lowest BCUT2D eigenvalue weighted by atomic mass is 10.2. The largest absolute Gasteiger partial charge is 0.329 e. The Kier molecular flexibility index (Phi) is 6.15. The molecule has 5 nitrogen and oxygen atoms in total. The summed E-state index contributed by atoms with van der Waals surface area (Å²) >= 11 is 14.9. The number of hydrogen-bond acceptors (Lipinski definition) is 3. The van der Waals surface area contributed by atoms with Crippen molar-refractivity contribution in [3.63, 3.8) is 0 Å². The summed E-state index contributed by atoms with van der Waals surface area (Å²) in [5.74, 6) is -1.79. The van der Waals surface area contributed by atoms with Crippen molar-refractivity contribution in [3.05, 3.63) is 62.5 Å². The first-order chi connectivity index (χ1) is 10.9. The zero-order chi connectivity index (χ0) is 16.8. The predicted octanol–water partition coefficient (Wildman–Crippen LogP) is 3.84. The standard InChI is InChI=1S/C15H10BrCl2N3O2/c16-10-3-1-2-9(4-10)8-19-21-15(23)14(22)20-13-6-11(17)5-12(18)7-13/h1-8H,(H,20,22)(H,21,23)/b19-8-. The van der Waals surface area contributed by atoms with Gasteiger partial charge >= 0.3 is 11.8 Å². The van der Waals surface area contributed by atoms with Crippen LogP contribution >= 0.6 is 39.1 Å². The molecule has 0 spiro atoms. The molecular formula is C15H10BrCl2N3O2. The van der Waals surface area contributed by atoms with E-state index in [2.05, 4.69) is 31.8 Å². The van der Waals surface area contributed by atoms with Crippen molar-refractivity contribution in [1.82, 2.24) is 5.43 Å². The van der Waals surface area contributed by atoms with Crippen LogP contribution in [0.1, 0.15) is 5.56 Å². The van der Waals surface area contributed by atoms with Crippen LogP contribution in [-0.4, -0.2) is 18.0 Å². The zero-order valence-corrected chi connectivity index (χ0v) is 14.6. The lowest BCUT2D eigenvalue weighted by Gasteiger charge is -2.05. The van der Waals surface area contributed by atoms with Crippen LogP contribution in [0.3, 0.4) is 0 Å². The van der Waals surface area contributed by atoms with Crippen LogP contribution in [0.4, 0.5) is 5.69 Å². The number of carbonyl (C=O) groups is 2. The maximum Gasteiger partial charge on any atom is 0.329 e. The first kappa shape index (κ1) is 17.5. The third-order valence-corrected chi connectivity index (χ3v) is 3.48. The molecule has 0 radical (unpaired) electrons. The normalized spacial score (nSPS) is 10.6. The lowest BCUT2D eigenvalue weighted by Crippen LogP contribution is -2.32. The molecule has 2 amide bonds.